The SMILES string of the molecule is COc1cc(-c2c(-c3ccc(N)cc3F)nn3ncnc(N)c23)ccc1C(=O)NCC(F)(F)F. The summed E-state index contributed by atoms with van der Waals surface area (Å²) in [5.74, 6) is -1.60. The van der Waals surface area contributed by atoms with Crippen molar-refractivity contribution in [2.45, 2.75) is 6.18 Å². The summed E-state index contributed by atoms with van der Waals surface area (Å²) in [6.45, 7) is -1.50. The van der Waals surface area contributed by atoms with Gasteiger partial charge in [0.1, 0.15) is 35.6 Å². The third-order valence-electron chi connectivity index (χ3n) is 4.90. The molecule has 0 fully saturated rings. The topological polar surface area (TPSA) is 133 Å². The van der Waals surface area contributed by atoms with E-state index in [-0.39, 0.29) is 39.6 Å². The minimum absolute atomic E-state index is 0.0179. The van der Waals surface area contributed by atoms with Crippen LogP contribution in [0.4, 0.5) is 29.1 Å². The Balaban J connectivity index is 1.89. The van der Waals surface area contributed by atoms with Crippen LogP contribution in [0.3, 0.4) is 0 Å². The summed E-state index contributed by atoms with van der Waals surface area (Å²) in [6, 6.07) is 8.21. The summed E-state index contributed by atoms with van der Waals surface area (Å²) in [6.07, 6.45) is -3.40. The highest BCUT2D eigenvalue weighted by Gasteiger charge is 2.29. The monoisotopic (exact) mass is 475 g/mol. The highest BCUT2D eigenvalue weighted by Crippen LogP contribution is 2.39. The van der Waals surface area contributed by atoms with Crippen molar-refractivity contribution in [1.29, 1.82) is 0 Å². The van der Waals surface area contributed by atoms with Crippen LogP contribution in [0.15, 0.2) is 42.7 Å². The van der Waals surface area contributed by atoms with Crippen molar-refractivity contribution in [2.75, 3.05) is 25.1 Å². The number of fused-ring (bicyclic) bond motifs is 1. The number of carbonyl (C=O) groups is 1. The molecule has 0 atom stereocenters. The fraction of sp³-hybridized carbons (Fsp3) is 0.143. The van der Waals surface area contributed by atoms with Gasteiger partial charge in [-0.3, -0.25) is 4.79 Å². The second-order valence-corrected chi connectivity index (χ2v) is 7.16. The average molecular weight is 475 g/mol. The Hall–Kier alpha value is -4.42. The van der Waals surface area contributed by atoms with E-state index in [9.17, 15) is 22.4 Å². The van der Waals surface area contributed by atoms with Crippen LogP contribution in [0, 0.1) is 5.82 Å². The van der Waals surface area contributed by atoms with E-state index >= 15 is 0 Å². The Morgan fingerprint density at radius 2 is 1.94 bits per heavy atom. The predicted octanol–water partition coefficient (Wildman–Crippen LogP) is 3.06. The predicted molar refractivity (Wildman–Crippen MR) is 115 cm³/mol. The fourth-order valence-electron chi connectivity index (χ4n) is 3.41. The highest BCUT2D eigenvalue weighted by atomic mass is 19.4. The maximum Gasteiger partial charge on any atom is 0.405 e. The van der Waals surface area contributed by atoms with Crippen molar-refractivity contribution in [1.82, 2.24) is 25.1 Å². The molecule has 2 aromatic carbocycles. The number of alkyl halides is 3. The van der Waals surface area contributed by atoms with Crippen molar-refractivity contribution < 1.29 is 27.1 Å². The minimum atomic E-state index is -4.57. The van der Waals surface area contributed by atoms with Gasteiger partial charge in [0.2, 0.25) is 0 Å². The summed E-state index contributed by atoms with van der Waals surface area (Å²) in [4.78, 5) is 16.3. The van der Waals surface area contributed by atoms with Crippen LogP contribution in [0.2, 0.25) is 0 Å². The molecule has 0 aliphatic heterocycles. The Bertz CT molecular complexity index is 1400. The van der Waals surface area contributed by atoms with E-state index in [4.69, 9.17) is 16.2 Å². The van der Waals surface area contributed by atoms with Crippen molar-refractivity contribution in [2.24, 2.45) is 0 Å². The summed E-state index contributed by atoms with van der Waals surface area (Å²) >= 11 is 0. The third-order valence-corrected chi connectivity index (χ3v) is 4.90. The molecule has 2 heterocycles. The zero-order chi connectivity index (χ0) is 24.6. The molecule has 0 aliphatic carbocycles. The number of halogens is 4. The highest BCUT2D eigenvalue weighted by molar-refractivity contribution is 6.00. The van der Waals surface area contributed by atoms with Crippen LogP contribution in [-0.4, -0.2) is 45.5 Å². The number of carbonyl (C=O) groups excluding carboxylic acids is 1. The van der Waals surface area contributed by atoms with Crippen LogP contribution < -0.4 is 21.5 Å². The molecule has 5 N–H and O–H groups in total. The maximum absolute atomic E-state index is 14.8. The molecule has 1 amide bonds. The van der Waals surface area contributed by atoms with Crippen LogP contribution >= 0.6 is 0 Å². The number of hydrogen-bond donors (Lipinski definition) is 3. The first-order chi connectivity index (χ1) is 16.1. The van der Waals surface area contributed by atoms with E-state index in [1.807, 2.05) is 0 Å². The van der Waals surface area contributed by atoms with Crippen LogP contribution in [0.25, 0.3) is 27.9 Å². The number of anilines is 2. The van der Waals surface area contributed by atoms with Crippen molar-refractivity contribution in [3.05, 3.63) is 54.1 Å². The first kappa shape index (κ1) is 22.8. The molecule has 9 nitrogen and oxygen atoms in total. The third kappa shape index (κ3) is 4.27. The number of amides is 1. The second kappa shape index (κ2) is 8.50. The van der Waals surface area contributed by atoms with E-state index in [0.717, 1.165) is 6.07 Å². The molecule has 0 aliphatic rings. The van der Waals surface area contributed by atoms with Crippen LogP contribution in [0.5, 0.6) is 5.75 Å². The number of ether oxygens (including phenoxy) is 1. The zero-order valence-electron chi connectivity index (χ0n) is 17.5. The van der Waals surface area contributed by atoms with Gasteiger partial charge in [-0.25, -0.2) is 9.37 Å². The molecule has 34 heavy (non-hydrogen) atoms. The molecule has 0 spiro atoms. The number of rotatable bonds is 5. The van der Waals surface area contributed by atoms with Gasteiger partial charge in [-0.1, -0.05) is 6.07 Å². The molecular weight excluding hydrogens is 458 g/mol. The number of nitrogens with one attached hydrogen (secondary N) is 1. The van der Waals surface area contributed by atoms with Gasteiger partial charge in [0.15, 0.2) is 5.82 Å². The maximum atomic E-state index is 14.8. The van der Waals surface area contributed by atoms with E-state index in [0.29, 0.717) is 11.1 Å². The molecule has 0 saturated carbocycles. The molecular formula is C21H17F4N7O2. The van der Waals surface area contributed by atoms with Gasteiger partial charge in [0.05, 0.1) is 12.7 Å². The van der Waals surface area contributed by atoms with Crippen molar-refractivity contribution in [3.63, 3.8) is 0 Å². The lowest BCUT2D eigenvalue weighted by molar-refractivity contribution is -0.123. The van der Waals surface area contributed by atoms with E-state index in [1.165, 1.54) is 48.4 Å². The molecule has 4 rings (SSSR count). The number of nitrogens with zero attached hydrogens (tertiary/aromatic N) is 4. The largest absolute Gasteiger partial charge is 0.496 e. The number of benzene rings is 2. The number of methoxy groups -OCH3 is 1. The summed E-state index contributed by atoms with van der Waals surface area (Å²) in [5, 5.41) is 10.2. The van der Waals surface area contributed by atoms with Gasteiger partial charge in [0, 0.05) is 16.8 Å². The summed E-state index contributed by atoms with van der Waals surface area (Å²) in [7, 11) is 1.26. The summed E-state index contributed by atoms with van der Waals surface area (Å²) < 4.78 is 58.7. The molecule has 4 aromatic rings. The number of nitrogens with two attached hydrogens (primary N) is 2. The molecule has 13 heteroatoms. The molecule has 0 saturated heterocycles. The average Bonchev–Trinajstić information content (AvgIpc) is 3.17. The number of hydrogen-bond acceptors (Lipinski definition) is 7. The minimum Gasteiger partial charge on any atom is -0.496 e. The lowest BCUT2D eigenvalue weighted by Gasteiger charge is -2.13. The van der Waals surface area contributed by atoms with Crippen molar-refractivity contribution in [3.8, 4) is 28.1 Å². The standard InChI is InChI=1S/C21H17F4N7O2/c1-34-15-6-10(2-4-13(15)20(33)28-8-21(23,24)25)16-17(12-5-3-11(26)7-14(12)22)31-32-18(16)19(27)29-9-30-32/h2-7,9H,8,26H2,1H3,(H,28,33)(H2,27,29,30). The molecule has 0 bridgehead atoms. The smallest absolute Gasteiger partial charge is 0.405 e. The van der Waals surface area contributed by atoms with Crippen LogP contribution in [0.1, 0.15) is 10.4 Å². The molecule has 2 aromatic heterocycles. The Morgan fingerprint density at radius 3 is 2.62 bits per heavy atom. The van der Waals surface area contributed by atoms with E-state index in [1.54, 1.807) is 5.32 Å². The number of nitrogen functional groups attached to an aromatic ring is 2. The Kier molecular flexibility index (Phi) is 5.69. The molecule has 0 radical (unpaired) electrons. The normalized spacial score (nSPS) is 11.6. The Morgan fingerprint density at radius 1 is 1.18 bits per heavy atom. The summed E-state index contributed by atoms with van der Waals surface area (Å²) in [5.41, 5.74) is 13.0. The first-order valence-corrected chi connectivity index (χ1v) is 9.67. The lowest BCUT2D eigenvalue weighted by atomic mass is 9.97. The Labute approximate surface area is 189 Å². The van der Waals surface area contributed by atoms with Crippen molar-refractivity contribution >= 4 is 22.9 Å². The second-order valence-electron chi connectivity index (χ2n) is 7.16. The first-order valence-electron chi connectivity index (χ1n) is 9.67. The van der Waals surface area contributed by atoms with Crippen LogP contribution in [-0.2, 0) is 0 Å². The number of aromatic nitrogens is 4. The zero-order valence-corrected chi connectivity index (χ0v) is 17.5. The van der Waals surface area contributed by atoms with Gasteiger partial charge >= 0.3 is 6.18 Å². The fourth-order valence-corrected chi connectivity index (χ4v) is 3.41. The van der Waals surface area contributed by atoms with Gasteiger partial charge in [-0.15, -0.1) is 14.8 Å². The van der Waals surface area contributed by atoms with Gasteiger partial charge < -0.3 is 21.5 Å². The quantitative estimate of drug-likeness (QED) is 0.298. The van der Waals surface area contributed by atoms with Gasteiger partial charge in [-0.2, -0.15) is 13.2 Å². The molecule has 176 valence electrons. The van der Waals surface area contributed by atoms with Gasteiger partial charge in [0.25, 0.3) is 5.91 Å². The molecule has 0 unspecified atom stereocenters. The van der Waals surface area contributed by atoms with E-state index in [2.05, 4.69) is 15.2 Å². The van der Waals surface area contributed by atoms with E-state index < -0.39 is 24.4 Å². The van der Waals surface area contributed by atoms with Gasteiger partial charge in [-0.05, 0) is 35.9 Å². The lowest BCUT2D eigenvalue weighted by Crippen LogP contribution is -2.33.